The van der Waals surface area contributed by atoms with E-state index in [0.29, 0.717) is 16.2 Å². The van der Waals surface area contributed by atoms with Crippen LogP contribution in [0, 0.1) is 6.92 Å². The summed E-state index contributed by atoms with van der Waals surface area (Å²) in [5.74, 6) is -0.673. The summed E-state index contributed by atoms with van der Waals surface area (Å²) in [6.07, 6.45) is 3.45. The first kappa shape index (κ1) is 13.5. The molecule has 0 radical (unpaired) electrons. The van der Waals surface area contributed by atoms with Crippen LogP contribution in [0.5, 0.6) is 0 Å². The molecule has 2 rings (SSSR count). The average molecular weight is 278 g/mol. The van der Waals surface area contributed by atoms with Gasteiger partial charge in [-0.2, -0.15) is 5.10 Å². The normalized spacial score (nSPS) is 12.3. The Balaban J connectivity index is 2.24. The number of aryl methyl sites for hydroxylation is 2. The smallest absolute Gasteiger partial charge is 0.335 e. The minimum absolute atomic E-state index is 0.192. The molecule has 5 nitrogen and oxygen atoms in total. The Morgan fingerprint density at radius 3 is 2.79 bits per heavy atom. The van der Waals surface area contributed by atoms with Gasteiger partial charge < -0.3 is 5.11 Å². The summed E-state index contributed by atoms with van der Waals surface area (Å²) in [6.45, 7) is 1.72. The van der Waals surface area contributed by atoms with Gasteiger partial charge in [-0.25, -0.2) is 4.79 Å². The monoisotopic (exact) mass is 278 g/mol. The predicted octanol–water partition coefficient (Wildman–Crippen LogP) is 1.73. The van der Waals surface area contributed by atoms with E-state index in [4.69, 9.17) is 5.11 Å². The van der Waals surface area contributed by atoms with Crippen molar-refractivity contribution in [2.24, 2.45) is 7.05 Å². The maximum absolute atomic E-state index is 12.2. The third-order valence-electron chi connectivity index (χ3n) is 2.76. The fraction of sp³-hybridized carbons (Fsp3) is 0.231. The lowest BCUT2D eigenvalue weighted by molar-refractivity contribution is 0.0696. The number of carbonyl (C=O) groups is 1. The van der Waals surface area contributed by atoms with Crippen LogP contribution in [0.1, 0.15) is 21.5 Å². The highest BCUT2D eigenvalue weighted by atomic mass is 32.2. The molecule has 0 aliphatic carbocycles. The van der Waals surface area contributed by atoms with Gasteiger partial charge in [0.15, 0.2) is 0 Å². The maximum atomic E-state index is 12.2. The Morgan fingerprint density at radius 1 is 1.47 bits per heavy atom. The first-order valence-corrected chi connectivity index (χ1v) is 6.99. The fourth-order valence-electron chi connectivity index (χ4n) is 1.75. The van der Waals surface area contributed by atoms with Crippen LogP contribution >= 0.6 is 0 Å². The summed E-state index contributed by atoms with van der Waals surface area (Å²) in [5.41, 5.74) is 1.71. The number of hydrogen-bond donors (Lipinski definition) is 1. The molecule has 1 aromatic carbocycles. The molecular weight excluding hydrogens is 264 g/mol. The zero-order chi connectivity index (χ0) is 14.0. The molecule has 100 valence electrons. The Morgan fingerprint density at radius 2 is 2.21 bits per heavy atom. The Bertz CT molecular complexity index is 649. The van der Waals surface area contributed by atoms with Crippen LogP contribution in [0.15, 0.2) is 35.5 Å². The van der Waals surface area contributed by atoms with Crippen molar-refractivity contribution >= 4 is 16.8 Å². The lowest BCUT2D eigenvalue weighted by Gasteiger charge is -2.05. The molecule has 0 bridgehead atoms. The zero-order valence-corrected chi connectivity index (χ0v) is 11.5. The van der Waals surface area contributed by atoms with Crippen molar-refractivity contribution in [1.82, 2.24) is 9.78 Å². The van der Waals surface area contributed by atoms with Crippen LogP contribution in [-0.2, 0) is 23.6 Å². The fourth-order valence-corrected chi connectivity index (χ4v) is 2.84. The van der Waals surface area contributed by atoms with E-state index in [1.165, 1.54) is 6.07 Å². The summed E-state index contributed by atoms with van der Waals surface area (Å²) in [7, 11) is 0.520. The van der Waals surface area contributed by atoms with Gasteiger partial charge in [-0.15, -0.1) is 0 Å². The molecule has 0 aliphatic heterocycles. The van der Waals surface area contributed by atoms with E-state index in [0.717, 1.165) is 5.56 Å². The maximum Gasteiger partial charge on any atom is 0.335 e. The number of hydrogen-bond acceptors (Lipinski definition) is 3. The highest BCUT2D eigenvalue weighted by Crippen LogP contribution is 2.17. The molecule has 0 spiro atoms. The molecule has 0 amide bonds. The van der Waals surface area contributed by atoms with Gasteiger partial charge in [-0.1, -0.05) is 6.07 Å². The third kappa shape index (κ3) is 3.08. The number of carboxylic acid groups (broad SMARTS) is 1. The van der Waals surface area contributed by atoms with E-state index < -0.39 is 16.8 Å². The predicted molar refractivity (Wildman–Crippen MR) is 71.5 cm³/mol. The molecule has 0 fully saturated rings. The minimum Gasteiger partial charge on any atom is -0.478 e. The molecule has 1 aromatic heterocycles. The van der Waals surface area contributed by atoms with Crippen LogP contribution in [0.2, 0.25) is 0 Å². The Labute approximate surface area is 113 Å². The summed E-state index contributed by atoms with van der Waals surface area (Å²) < 4.78 is 13.8. The van der Waals surface area contributed by atoms with Gasteiger partial charge in [0.2, 0.25) is 0 Å². The number of nitrogens with zero attached hydrogens (tertiary/aromatic N) is 2. The Kier molecular flexibility index (Phi) is 3.80. The standard InChI is InChI=1S/C13H14N2O3S/c1-9-3-4-11(5-12(9)13(16)17)19(18)8-10-6-14-15(2)7-10/h3-7H,8H2,1-2H3,(H,16,17). The van der Waals surface area contributed by atoms with Crippen molar-refractivity contribution in [2.45, 2.75) is 17.6 Å². The molecule has 2 aromatic rings. The second-order valence-electron chi connectivity index (χ2n) is 4.29. The molecule has 19 heavy (non-hydrogen) atoms. The van der Waals surface area contributed by atoms with Crippen molar-refractivity contribution in [3.8, 4) is 0 Å². The van der Waals surface area contributed by atoms with Gasteiger partial charge in [0, 0.05) is 23.7 Å². The van der Waals surface area contributed by atoms with Gasteiger partial charge in [0.05, 0.1) is 28.3 Å². The largest absolute Gasteiger partial charge is 0.478 e. The van der Waals surface area contributed by atoms with Crippen LogP contribution in [0.4, 0.5) is 0 Å². The summed E-state index contributed by atoms with van der Waals surface area (Å²) in [6, 6.07) is 4.86. The van der Waals surface area contributed by atoms with Gasteiger partial charge in [-0.3, -0.25) is 8.89 Å². The van der Waals surface area contributed by atoms with E-state index in [1.54, 1.807) is 43.2 Å². The molecule has 1 N–H and O–H groups in total. The summed E-state index contributed by atoms with van der Waals surface area (Å²) in [4.78, 5) is 11.6. The second-order valence-corrected chi connectivity index (χ2v) is 5.75. The van der Waals surface area contributed by atoms with Crippen molar-refractivity contribution in [2.75, 3.05) is 0 Å². The molecule has 0 saturated heterocycles. The van der Waals surface area contributed by atoms with Gasteiger partial charge >= 0.3 is 5.97 Å². The SMILES string of the molecule is Cc1ccc(S(=O)Cc2cnn(C)c2)cc1C(=O)O. The van der Waals surface area contributed by atoms with Gasteiger partial charge in [0.25, 0.3) is 0 Å². The molecule has 1 atom stereocenters. The number of carboxylic acids is 1. The summed E-state index contributed by atoms with van der Waals surface area (Å²) in [5, 5.41) is 13.1. The molecule has 1 heterocycles. The number of aromatic carboxylic acids is 1. The molecule has 1 unspecified atom stereocenters. The van der Waals surface area contributed by atoms with Crippen molar-refractivity contribution in [1.29, 1.82) is 0 Å². The van der Waals surface area contributed by atoms with E-state index in [9.17, 15) is 9.00 Å². The molecule has 6 heteroatoms. The Hall–Kier alpha value is -1.95. The topological polar surface area (TPSA) is 72.2 Å². The van der Waals surface area contributed by atoms with E-state index >= 15 is 0 Å². The van der Waals surface area contributed by atoms with Crippen molar-refractivity contribution < 1.29 is 14.1 Å². The van der Waals surface area contributed by atoms with Crippen LogP contribution in [0.3, 0.4) is 0 Å². The lowest BCUT2D eigenvalue weighted by Crippen LogP contribution is -2.03. The first-order valence-electron chi connectivity index (χ1n) is 5.67. The van der Waals surface area contributed by atoms with E-state index in [2.05, 4.69) is 5.10 Å². The minimum atomic E-state index is -1.27. The third-order valence-corrected chi connectivity index (χ3v) is 4.13. The second kappa shape index (κ2) is 5.36. The molecular formula is C13H14N2O3S. The molecule has 0 aliphatic rings. The van der Waals surface area contributed by atoms with Crippen LogP contribution in [0.25, 0.3) is 0 Å². The summed E-state index contributed by atoms with van der Waals surface area (Å²) >= 11 is 0. The number of benzene rings is 1. The van der Waals surface area contributed by atoms with Crippen molar-refractivity contribution in [3.63, 3.8) is 0 Å². The molecule has 0 saturated carbocycles. The lowest BCUT2D eigenvalue weighted by atomic mass is 10.1. The van der Waals surface area contributed by atoms with E-state index in [-0.39, 0.29) is 5.56 Å². The van der Waals surface area contributed by atoms with Gasteiger partial charge in [0.1, 0.15) is 0 Å². The van der Waals surface area contributed by atoms with Crippen LogP contribution < -0.4 is 0 Å². The van der Waals surface area contributed by atoms with Crippen LogP contribution in [-0.4, -0.2) is 25.1 Å². The van der Waals surface area contributed by atoms with Gasteiger partial charge in [-0.05, 0) is 24.6 Å². The first-order chi connectivity index (χ1) is 8.97. The number of aromatic nitrogens is 2. The van der Waals surface area contributed by atoms with Crippen molar-refractivity contribution in [3.05, 3.63) is 47.3 Å². The highest BCUT2D eigenvalue weighted by Gasteiger charge is 2.12. The quantitative estimate of drug-likeness (QED) is 0.924. The zero-order valence-electron chi connectivity index (χ0n) is 10.7. The van der Waals surface area contributed by atoms with E-state index in [1.807, 2.05) is 0 Å². The highest BCUT2D eigenvalue weighted by molar-refractivity contribution is 7.84. The number of rotatable bonds is 4. The average Bonchev–Trinajstić information content (AvgIpc) is 2.74.